The van der Waals surface area contributed by atoms with Gasteiger partial charge in [0, 0.05) is 11.8 Å². The molecule has 1 rings (SSSR count). The van der Waals surface area contributed by atoms with E-state index in [2.05, 4.69) is 18.5 Å². The van der Waals surface area contributed by atoms with E-state index in [9.17, 15) is 9.59 Å². The lowest BCUT2D eigenvalue weighted by atomic mass is 10.3. The second-order valence-electron chi connectivity index (χ2n) is 2.60. The summed E-state index contributed by atoms with van der Waals surface area (Å²) in [6, 6.07) is 9.25. The predicted octanol–water partition coefficient (Wildman–Crippen LogP) is 2.07. The molecule has 0 unspecified atom stereocenters. The SMILES string of the molecule is C=CC(=O)Nc1ccccc1.C=CC(=O)O. The summed E-state index contributed by atoms with van der Waals surface area (Å²) in [4.78, 5) is 20.0. The van der Waals surface area contributed by atoms with Crippen molar-refractivity contribution in [2.24, 2.45) is 0 Å². The molecule has 4 nitrogen and oxygen atoms in total. The highest BCUT2D eigenvalue weighted by molar-refractivity contribution is 5.98. The average Bonchev–Trinajstić information content (AvgIpc) is 2.31. The molecule has 0 heterocycles. The molecule has 84 valence electrons. The molecule has 4 heteroatoms. The molecule has 0 fully saturated rings. The third-order valence-corrected chi connectivity index (χ3v) is 1.40. The first kappa shape index (κ1) is 13.6. The molecular formula is C12H13NO3. The van der Waals surface area contributed by atoms with Crippen molar-refractivity contribution < 1.29 is 14.7 Å². The fourth-order valence-electron chi connectivity index (χ4n) is 0.715. The molecule has 1 amide bonds. The van der Waals surface area contributed by atoms with Crippen LogP contribution in [-0.4, -0.2) is 17.0 Å². The molecule has 0 aliphatic rings. The first-order valence-electron chi connectivity index (χ1n) is 4.44. The normalized spacial score (nSPS) is 8.00. The van der Waals surface area contributed by atoms with Gasteiger partial charge >= 0.3 is 5.97 Å². The number of hydrogen-bond acceptors (Lipinski definition) is 2. The Morgan fingerprint density at radius 3 is 2.00 bits per heavy atom. The summed E-state index contributed by atoms with van der Waals surface area (Å²) in [7, 11) is 0. The Balaban J connectivity index is 0.000000385. The van der Waals surface area contributed by atoms with Crippen molar-refractivity contribution >= 4 is 17.6 Å². The lowest BCUT2D eigenvalue weighted by Crippen LogP contribution is -2.06. The van der Waals surface area contributed by atoms with E-state index in [0.717, 1.165) is 11.8 Å². The molecule has 0 aliphatic heterocycles. The predicted molar refractivity (Wildman–Crippen MR) is 63.1 cm³/mol. The summed E-state index contributed by atoms with van der Waals surface area (Å²) in [6.07, 6.45) is 2.08. The second-order valence-corrected chi connectivity index (χ2v) is 2.60. The maximum Gasteiger partial charge on any atom is 0.327 e. The third-order valence-electron chi connectivity index (χ3n) is 1.40. The molecule has 0 atom stereocenters. The van der Waals surface area contributed by atoms with E-state index in [4.69, 9.17) is 5.11 Å². The van der Waals surface area contributed by atoms with Crippen molar-refractivity contribution in [3.8, 4) is 0 Å². The molecule has 0 aliphatic carbocycles. The zero-order valence-electron chi connectivity index (χ0n) is 8.72. The van der Waals surface area contributed by atoms with Crippen LogP contribution in [0.4, 0.5) is 5.69 Å². The summed E-state index contributed by atoms with van der Waals surface area (Å²) >= 11 is 0. The number of aliphatic carboxylic acids is 1. The van der Waals surface area contributed by atoms with Gasteiger partial charge in [-0.2, -0.15) is 0 Å². The Hall–Kier alpha value is -2.36. The quantitative estimate of drug-likeness (QED) is 0.765. The van der Waals surface area contributed by atoms with E-state index in [1.165, 1.54) is 6.08 Å². The monoisotopic (exact) mass is 219 g/mol. The molecule has 0 spiro atoms. The number of amides is 1. The molecule has 16 heavy (non-hydrogen) atoms. The van der Waals surface area contributed by atoms with Crippen LogP contribution >= 0.6 is 0 Å². The lowest BCUT2D eigenvalue weighted by molar-refractivity contribution is -0.131. The summed E-state index contributed by atoms with van der Waals surface area (Å²) in [6.45, 7) is 6.31. The van der Waals surface area contributed by atoms with Crippen LogP contribution in [-0.2, 0) is 9.59 Å². The minimum Gasteiger partial charge on any atom is -0.478 e. The van der Waals surface area contributed by atoms with Crippen molar-refractivity contribution in [1.29, 1.82) is 0 Å². The number of carbonyl (C=O) groups is 2. The first-order valence-corrected chi connectivity index (χ1v) is 4.44. The van der Waals surface area contributed by atoms with Gasteiger partial charge in [0.1, 0.15) is 0 Å². The van der Waals surface area contributed by atoms with E-state index in [0.29, 0.717) is 0 Å². The molecule has 0 saturated carbocycles. The van der Waals surface area contributed by atoms with E-state index >= 15 is 0 Å². The topological polar surface area (TPSA) is 66.4 Å². The van der Waals surface area contributed by atoms with Crippen LogP contribution in [0.25, 0.3) is 0 Å². The first-order chi connectivity index (χ1) is 7.60. The molecular weight excluding hydrogens is 206 g/mol. The van der Waals surface area contributed by atoms with Gasteiger partial charge in [0.15, 0.2) is 0 Å². The van der Waals surface area contributed by atoms with Crippen molar-refractivity contribution in [2.75, 3.05) is 5.32 Å². The van der Waals surface area contributed by atoms with E-state index < -0.39 is 5.97 Å². The van der Waals surface area contributed by atoms with E-state index in [1.54, 1.807) is 0 Å². The second kappa shape index (κ2) is 7.99. The Bertz CT molecular complexity index is 371. The van der Waals surface area contributed by atoms with E-state index in [-0.39, 0.29) is 5.91 Å². The van der Waals surface area contributed by atoms with Crippen LogP contribution in [0.1, 0.15) is 0 Å². The molecule has 2 N–H and O–H groups in total. The molecule has 1 aromatic carbocycles. The largest absolute Gasteiger partial charge is 0.478 e. The lowest BCUT2D eigenvalue weighted by Gasteiger charge is -1.98. The summed E-state index contributed by atoms with van der Waals surface area (Å²) in [5, 5.41) is 10.2. The number of rotatable bonds is 3. The Kier molecular flexibility index (Phi) is 6.81. The highest BCUT2D eigenvalue weighted by atomic mass is 16.4. The van der Waals surface area contributed by atoms with Crippen LogP contribution in [0.2, 0.25) is 0 Å². The van der Waals surface area contributed by atoms with Crippen LogP contribution in [0, 0.1) is 0 Å². The highest BCUT2D eigenvalue weighted by Crippen LogP contribution is 2.03. The maximum atomic E-state index is 10.8. The van der Waals surface area contributed by atoms with Gasteiger partial charge in [-0.15, -0.1) is 0 Å². The zero-order chi connectivity index (χ0) is 12.4. The van der Waals surface area contributed by atoms with Gasteiger partial charge in [-0.1, -0.05) is 31.4 Å². The number of benzene rings is 1. The fourth-order valence-corrected chi connectivity index (χ4v) is 0.715. The fraction of sp³-hybridized carbons (Fsp3) is 0. The average molecular weight is 219 g/mol. The summed E-state index contributed by atoms with van der Waals surface area (Å²) in [5.41, 5.74) is 0.789. The number of hydrogen-bond donors (Lipinski definition) is 2. The minimum absolute atomic E-state index is 0.184. The van der Waals surface area contributed by atoms with Gasteiger partial charge in [0.25, 0.3) is 0 Å². The zero-order valence-corrected chi connectivity index (χ0v) is 8.72. The van der Waals surface area contributed by atoms with Gasteiger partial charge in [0.2, 0.25) is 5.91 Å². The Morgan fingerprint density at radius 2 is 1.62 bits per heavy atom. The molecule has 0 bridgehead atoms. The molecule has 0 saturated heterocycles. The number of carbonyl (C=O) groups excluding carboxylic acids is 1. The molecule has 0 radical (unpaired) electrons. The van der Waals surface area contributed by atoms with Crippen molar-refractivity contribution in [3.05, 3.63) is 55.6 Å². The van der Waals surface area contributed by atoms with Gasteiger partial charge in [0.05, 0.1) is 0 Å². The maximum absolute atomic E-state index is 10.8. The number of carboxylic acid groups (broad SMARTS) is 1. The number of para-hydroxylation sites is 1. The van der Waals surface area contributed by atoms with Gasteiger partial charge in [-0.05, 0) is 18.2 Å². The van der Waals surface area contributed by atoms with Crippen LogP contribution in [0.3, 0.4) is 0 Å². The number of nitrogens with one attached hydrogen (secondary N) is 1. The van der Waals surface area contributed by atoms with E-state index in [1.807, 2.05) is 30.3 Å². The molecule has 1 aromatic rings. The number of carboxylic acids is 1. The van der Waals surface area contributed by atoms with Crippen molar-refractivity contribution in [2.45, 2.75) is 0 Å². The minimum atomic E-state index is -0.981. The Morgan fingerprint density at radius 1 is 1.12 bits per heavy atom. The van der Waals surface area contributed by atoms with Crippen LogP contribution in [0.15, 0.2) is 55.6 Å². The standard InChI is InChI=1S/C9H9NO.C3H4O2/c1-2-9(11)10-8-6-4-3-5-7-8;1-2-3(4)5/h2-7H,1H2,(H,10,11);2H,1H2,(H,4,5). The smallest absolute Gasteiger partial charge is 0.327 e. The van der Waals surface area contributed by atoms with Crippen LogP contribution in [0.5, 0.6) is 0 Å². The third kappa shape index (κ3) is 7.08. The molecule has 0 aromatic heterocycles. The van der Waals surface area contributed by atoms with Gasteiger partial charge in [-0.25, -0.2) is 4.79 Å². The van der Waals surface area contributed by atoms with Crippen molar-refractivity contribution in [1.82, 2.24) is 0 Å². The van der Waals surface area contributed by atoms with Gasteiger partial charge < -0.3 is 10.4 Å². The Labute approximate surface area is 93.9 Å². The van der Waals surface area contributed by atoms with Gasteiger partial charge in [-0.3, -0.25) is 4.79 Å². The summed E-state index contributed by atoms with van der Waals surface area (Å²) in [5.74, 6) is -1.17. The van der Waals surface area contributed by atoms with Crippen LogP contribution < -0.4 is 5.32 Å². The summed E-state index contributed by atoms with van der Waals surface area (Å²) < 4.78 is 0. The van der Waals surface area contributed by atoms with Crippen molar-refractivity contribution in [3.63, 3.8) is 0 Å². The highest BCUT2D eigenvalue weighted by Gasteiger charge is 1.92. The number of anilines is 1.